The first kappa shape index (κ1) is 15.2. The molecule has 0 radical (unpaired) electrons. The Hall–Kier alpha value is -3.23. The molecule has 1 heterocycles. The number of esters is 1. The topological polar surface area (TPSA) is 121 Å². The molecule has 0 spiro atoms. The van der Waals surface area contributed by atoms with Gasteiger partial charge < -0.3 is 14.8 Å². The van der Waals surface area contributed by atoms with Gasteiger partial charge in [-0.25, -0.2) is 0 Å². The van der Waals surface area contributed by atoms with Crippen LogP contribution in [0.1, 0.15) is 0 Å². The molecule has 0 saturated carbocycles. The number of ether oxygens (including phenoxy) is 2. The van der Waals surface area contributed by atoms with Gasteiger partial charge >= 0.3 is 5.97 Å². The highest BCUT2D eigenvalue weighted by Gasteiger charge is 2.15. The van der Waals surface area contributed by atoms with E-state index in [0.717, 1.165) is 0 Å². The molecule has 9 nitrogen and oxygen atoms in total. The number of amides is 1. The van der Waals surface area contributed by atoms with Crippen LogP contribution in [-0.4, -0.2) is 35.6 Å². The number of nitrogens with zero attached hydrogens (tertiary/aromatic N) is 2. The Morgan fingerprint density at radius 2 is 2.23 bits per heavy atom. The summed E-state index contributed by atoms with van der Waals surface area (Å²) in [6.07, 6.45) is 1.84. The predicted octanol–water partition coefficient (Wildman–Crippen LogP) is 0.768. The summed E-state index contributed by atoms with van der Waals surface area (Å²) >= 11 is 0. The van der Waals surface area contributed by atoms with Crippen molar-refractivity contribution in [1.82, 2.24) is 10.3 Å². The average molecular weight is 305 g/mol. The van der Waals surface area contributed by atoms with Gasteiger partial charge in [0.1, 0.15) is 17.8 Å². The van der Waals surface area contributed by atoms with Crippen LogP contribution in [-0.2, 0) is 14.3 Å². The van der Waals surface area contributed by atoms with Crippen molar-refractivity contribution < 1.29 is 24.0 Å². The van der Waals surface area contributed by atoms with Crippen molar-refractivity contribution in [3.05, 3.63) is 40.6 Å². The largest absolute Gasteiger partial charge is 0.455 e. The molecule has 9 heteroatoms. The maximum atomic E-state index is 11.2. The molecule has 1 aromatic heterocycles. The fourth-order valence-electron chi connectivity index (χ4n) is 1.74. The number of hydrogen-bond donors (Lipinski definition) is 1. The highest BCUT2D eigenvalue weighted by Crippen LogP contribution is 2.31. The molecule has 0 atom stereocenters. The minimum Gasteiger partial charge on any atom is -0.455 e. The van der Waals surface area contributed by atoms with E-state index in [0.29, 0.717) is 17.3 Å². The Morgan fingerprint density at radius 1 is 1.41 bits per heavy atom. The molecule has 2 rings (SSSR count). The Labute approximate surface area is 124 Å². The quantitative estimate of drug-likeness (QED) is 0.263. The summed E-state index contributed by atoms with van der Waals surface area (Å²) < 4.78 is 9.99. The zero-order valence-electron chi connectivity index (χ0n) is 11.2. The van der Waals surface area contributed by atoms with Crippen LogP contribution in [0.2, 0.25) is 0 Å². The lowest BCUT2D eigenvalue weighted by atomic mass is 10.1. The normalized spacial score (nSPS) is 10.0. The second kappa shape index (κ2) is 6.97. The molecule has 0 fully saturated rings. The summed E-state index contributed by atoms with van der Waals surface area (Å²) in [5.74, 6) is -0.427. The second-order valence-electron chi connectivity index (χ2n) is 4.02. The monoisotopic (exact) mass is 305 g/mol. The van der Waals surface area contributed by atoms with Gasteiger partial charge in [0.15, 0.2) is 0 Å². The van der Waals surface area contributed by atoms with Gasteiger partial charge in [-0.15, -0.1) is 0 Å². The van der Waals surface area contributed by atoms with Crippen LogP contribution in [0.15, 0.2) is 30.5 Å². The van der Waals surface area contributed by atoms with E-state index < -0.39 is 17.7 Å². The fourth-order valence-corrected chi connectivity index (χ4v) is 1.74. The van der Waals surface area contributed by atoms with E-state index in [1.54, 1.807) is 12.1 Å². The minimum atomic E-state index is -0.675. The first-order chi connectivity index (χ1) is 10.6. The molecule has 0 saturated heterocycles. The number of benzene rings is 1. The number of hydrogen-bond acceptors (Lipinski definition) is 7. The third kappa shape index (κ3) is 3.45. The third-order valence-corrected chi connectivity index (χ3v) is 2.67. The van der Waals surface area contributed by atoms with Crippen LogP contribution in [0, 0.1) is 10.1 Å². The maximum Gasteiger partial charge on any atom is 0.328 e. The van der Waals surface area contributed by atoms with E-state index in [4.69, 9.17) is 9.47 Å². The first-order valence-electron chi connectivity index (χ1n) is 6.11. The highest BCUT2D eigenvalue weighted by molar-refractivity contribution is 5.92. The number of nitro groups is 1. The van der Waals surface area contributed by atoms with Crippen molar-refractivity contribution in [3.63, 3.8) is 0 Å². The molecule has 1 N–H and O–H groups in total. The molecule has 22 heavy (non-hydrogen) atoms. The molecule has 0 aliphatic heterocycles. The zero-order valence-corrected chi connectivity index (χ0v) is 11.2. The number of nitrogens with one attached hydrogen (secondary N) is 1. The van der Waals surface area contributed by atoms with Crippen LogP contribution in [0.5, 0.6) is 5.75 Å². The van der Waals surface area contributed by atoms with E-state index in [1.165, 1.54) is 18.3 Å². The number of fused-ring (bicyclic) bond motifs is 1. The van der Waals surface area contributed by atoms with Crippen LogP contribution in [0.3, 0.4) is 0 Å². The van der Waals surface area contributed by atoms with E-state index >= 15 is 0 Å². The maximum absolute atomic E-state index is 11.2. The van der Waals surface area contributed by atoms with Crippen LogP contribution >= 0.6 is 0 Å². The lowest BCUT2D eigenvalue weighted by Gasteiger charge is -2.09. The van der Waals surface area contributed by atoms with Gasteiger partial charge in [-0.1, -0.05) is 0 Å². The van der Waals surface area contributed by atoms with Crippen molar-refractivity contribution in [2.45, 2.75) is 0 Å². The Bertz CT molecular complexity index is 718. The molecule has 1 amide bonds. The zero-order chi connectivity index (χ0) is 15.9. The van der Waals surface area contributed by atoms with E-state index in [-0.39, 0.29) is 18.0 Å². The van der Waals surface area contributed by atoms with Gasteiger partial charge in [-0.2, -0.15) is 0 Å². The Morgan fingerprint density at radius 3 is 2.95 bits per heavy atom. The smallest absolute Gasteiger partial charge is 0.328 e. The van der Waals surface area contributed by atoms with Crippen molar-refractivity contribution >= 4 is 29.0 Å². The highest BCUT2D eigenvalue weighted by atomic mass is 16.7. The molecular formula is C13H11N3O6. The van der Waals surface area contributed by atoms with E-state index in [9.17, 15) is 19.7 Å². The average Bonchev–Trinajstić information content (AvgIpc) is 2.52. The van der Waals surface area contributed by atoms with Crippen molar-refractivity contribution in [2.75, 3.05) is 13.3 Å². The van der Waals surface area contributed by atoms with Crippen LogP contribution in [0.4, 0.5) is 5.69 Å². The molecule has 0 aliphatic carbocycles. The number of rotatable bonds is 7. The standard InChI is InChI=1S/C13H11N3O6/c17-7-14-6-12(18)22-8-21-11-4-3-10(16(19)20)9-2-1-5-15-13(9)11/h1-5,7H,6,8H2,(H,14,17). The molecule has 0 unspecified atom stereocenters. The molecule has 0 bridgehead atoms. The van der Waals surface area contributed by atoms with Crippen molar-refractivity contribution in [3.8, 4) is 5.75 Å². The lowest BCUT2D eigenvalue weighted by molar-refractivity contribution is -0.383. The molecular weight excluding hydrogens is 294 g/mol. The molecule has 114 valence electrons. The summed E-state index contributed by atoms with van der Waals surface area (Å²) in [7, 11) is 0. The molecule has 1 aromatic carbocycles. The number of non-ortho nitro benzene ring substituents is 1. The SMILES string of the molecule is O=CNCC(=O)OCOc1ccc([N+](=O)[O-])c2cccnc12. The Kier molecular flexibility index (Phi) is 4.81. The summed E-state index contributed by atoms with van der Waals surface area (Å²) in [4.78, 5) is 35.7. The predicted molar refractivity (Wildman–Crippen MR) is 74.1 cm³/mol. The van der Waals surface area contributed by atoms with Crippen molar-refractivity contribution in [1.29, 1.82) is 0 Å². The van der Waals surface area contributed by atoms with Crippen molar-refractivity contribution in [2.24, 2.45) is 0 Å². The van der Waals surface area contributed by atoms with Crippen LogP contribution < -0.4 is 10.1 Å². The van der Waals surface area contributed by atoms with Gasteiger partial charge in [-0.3, -0.25) is 24.7 Å². The lowest BCUT2D eigenvalue weighted by Crippen LogP contribution is -2.24. The van der Waals surface area contributed by atoms with E-state index in [1.807, 2.05) is 0 Å². The van der Waals surface area contributed by atoms with Gasteiger partial charge in [0.25, 0.3) is 5.69 Å². The number of aromatic nitrogens is 1. The summed E-state index contributed by atoms with van der Waals surface area (Å²) in [5.41, 5.74) is 0.196. The number of carbonyl (C=O) groups excluding carboxylic acids is 2. The minimum absolute atomic E-state index is 0.0948. The number of pyridine rings is 1. The first-order valence-corrected chi connectivity index (χ1v) is 6.11. The van der Waals surface area contributed by atoms with Crippen LogP contribution in [0.25, 0.3) is 10.9 Å². The van der Waals surface area contributed by atoms with E-state index in [2.05, 4.69) is 10.3 Å². The molecule has 0 aliphatic rings. The Balaban J connectivity index is 2.12. The number of nitro benzene ring substituents is 1. The number of carbonyl (C=O) groups is 2. The second-order valence-corrected chi connectivity index (χ2v) is 4.02. The summed E-state index contributed by atoms with van der Waals surface area (Å²) in [5, 5.41) is 13.4. The fraction of sp³-hybridized carbons (Fsp3) is 0.154. The van der Waals surface area contributed by atoms with Gasteiger partial charge in [-0.05, 0) is 18.2 Å². The summed E-state index contributed by atoms with van der Waals surface area (Å²) in [6, 6.07) is 5.79. The molecule has 2 aromatic rings. The summed E-state index contributed by atoms with van der Waals surface area (Å²) in [6.45, 7) is -0.672. The van der Waals surface area contributed by atoms with Gasteiger partial charge in [0.05, 0.1) is 10.3 Å². The third-order valence-electron chi connectivity index (χ3n) is 2.67. The van der Waals surface area contributed by atoms with Gasteiger partial charge in [0, 0.05) is 12.3 Å². The van der Waals surface area contributed by atoms with Gasteiger partial charge in [0.2, 0.25) is 13.2 Å².